The number of fused-ring (bicyclic) bond motifs is 4. The Bertz CT molecular complexity index is 638. The molecule has 3 aliphatic heterocycles. The first-order valence-corrected chi connectivity index (χ1v) is 6.11. The number of hydrogen-bond donors (Lipinski definition) is 0. The molecule has 1 spiro atoms. The average Bonchev–Trinajstić information content (AvgIpc) is 2.85. The van der Waals surface area contributed by atoms with E-state index in [1.165, 1.54) is 11.8 Å². The predicted octanol–water partition coefficient (Wildman–Crippen LogP) is 1.29. The van der Waals surface area contributed by atoms with Crippen molar-refractivity contribution in [2.24, 2.45) is 5.92 Å². The van der Waals surface area contributed by atoms with Crippen LogP contribution in [-0.2, 0) is 24.7 Å². The van der Waals surface area contributed by atoms with Crippen LogP contribution < -0.4 is 4.90 Å². The summed E-state index contributed by atoms with van der Waals surface area (Å²) in [6.07, 6.45) is 2.96. The minimum absolute atomic E-state index is 0.162. The van der Waals surface area contributed by atoms with Crippen molar-refractivity contribution in [2.75, 3.05) is 4.90 Å². The van der Waals surface area contributed by atoms with Gasteiger partial charge in [0, 0.05) is 12.5 Å². The third kappa shape index (κ3) is 1.05. The van der Waals surface area contributed by atoms with Crippen molar-refractivity contribution in [1.82, 2.24) is 0 Å². The topological polar surface area (TPSA) is 55.8 Å². The second-order valence-electron chi connectivity index (χ2n) is 4.89. The molecule has 0 aromatic heterocycles. The molecule has 3 atom stereocenters. The molecule has 1 saturated heterocycles. The molecule has 5 nitrogen and oxygen atoms in total. The highest BCUT2D eigenvalue weighted by molar-refractivity contribution is 6.22. The maximum Gasteiger partial charge on any atom is 0.271 e. The Balaban J connectivity index is 1.92. The minimum atomic E-state index is -1.08. The van der Waals surface area contributed by atoms with Gasteiger partial charge in [0.15, 0.2) is 5.60 Å². The minimum Gasteiger partial charge on any atom is -0.472 e. The fourth-order valence-corrected chi connectivity index (χ4v) is 3.12. The number of benzene rings is 1. The van der Waals surface area contributed by atoms with Crippen LogP contribution in [0.2, 0.25) is 0 Å². The molecule has 0 bridgehead atoms. The lowest BCUT2D eigenvalue weighted by molar-refractivity contribution is -0.302. The Kier molecular flexibility index (Phi) is 1.84. The van der Waals surface area contributed by atoms with Crippen molar-refractivity contribution in [3.8, 4) is 0 Å². The van der Waals surface area contributed by atoms with Crippen LogP contribution >= 0.6 is 0 Å². The van der Waals surface area contributed by atoms with Crippen LogP contribution in [0.25, 0.3) is 0 Å². The van der Waals surface area contributed by atoms with Crippen LogP contribution in [0.4, 0.5) is 5.69 Å². The number of rotatable bonds is 0. The number of ether oxygens (including phenoxy) is 2. The number of carbonyl (C=O) groups excluding carboxylic acids is 2. The van der Waals surface area contributed by atoms with Crippen molar-refractivity contribution in [3.05, 3.63) is 42.2 Å². The number of carbonyl (C=O) groups is 2. The summed E-state index contributed by atoms with van der Waals surface area (Å²) in [5.41, 5.74) is 0.269. The van der Waals surface area contributed by atoms with E-state index in [9.17, 15) is 9.59 Å². The maximum absolute atomic E-state index is 12.6. The molecule has 5 heteroatoms. The molecule has 19 heavy (non-hydrogen) atoms. The van der Waals surface area contributed by atoms with Crippen molar-refractivity contribution >= 4 is 17.5 Å². The van der Waals surface area contributed by atoms with Crippen LogP contribution in [0.15, 0.2) is 36.6 Å². The third-order valence-corrected chi connectivity index (χ3v) is 3.94. The smallest absolute Gasteiger partial charge is 0.271 e. The van der Waals surface area contributed by atoms with E-state index in [2.05, 4.69) is 0 Å². The van der Waals surface area contributed by atoms with Gasteiger partial charge in [-0.05, 0) is 12.1 Å². The molecule has 1 fully saturated rings. The molecular formula is C14H11NO4. The van der Waals surface area contributed by atoms with Gasteiger partial charge >= 0.3 is 0 Å². The van der Waals surface area contributed by atoms with Gasteiger partial charge in [0.05, 0.1) is 17.9 Å². The van der Waals surface area contributed by atoms with Gasteiger partial charge in [-0.25, -0.2) is 4.90 Å². The quantitative estimate of drug-likeness (QED) is 0.702. The zero-order chi connectivity index (χ0) is 13.2. The molecule has 0 saturated carbocycles. The standard InChI is InChI=1S/C14H11NO4/c1-8(16)15-11-5-3-2-4-9(11)14(13(15)17)10-6-7-18-12(10)19-14/h2-7,10,12H,1H3/t10-,12-,14-/m0/s1. The normalized spacial score (nSPS) is 33.9. The van der Waals surface area contributed by atoms with Crippen LogP contribution in [0.5, 0.6) is 0 Å². The molecule has 96 valence electrons. The van der Waals surface area contributed by atoms with Crippen LogP contribution in [-0.4, -0.2) is 18.1 Å². The van der Waals surface area contributed by atoms with Gasteiger partial charge in [0.1, 0.15) is 0 Å². The summed E-state index contributed by atoms with van der Waals surface area (Å²) < 4.78 is 10.9. The first kappa shape index (κ1) is 10.8. The zero-order valence-corrected chi connectivity index (χ0v) is 10.2. The monoisotopic (exact) mass is 257 g/mol. The van der Waals surface area contributed by atoms with Crippen LogP contribution in [0, 0.1) is 5.92 Å². The first-order chi connectivity index (χ1) is 9.16. The fourth-order valence-electron chi connectivity index (χ4n) is 3.12. The van der Waals surface area contributed by atoms with Gasteiger partial charge in [-0.15, -0.1) is 0 Å². The van der Waals surface area contributed by atoms with Crippen molar-refractivity contribution < 1.29 is 19.1 Å². The highest BCUT2D eigenvalue weighted by atomic mass is 16.7. The van der Waals surface area contributed by atoms with E-state index in [0.717, 1.165) is 5.56 Å². The van der Waals surface area contributed by atoms with Crippen molar-refractivity contribution in [2.45, 2.75) is 18.8 Å². The molecule has 2 amide bonds. The number of nitrogens with zero attached hydrogens (tertiary/aromatic N) is 1. The molecule has 0 radical (unpaired) electrons. The van der Waals surface area contributed by atoms with Crippen LogP contribution in [0.3, 0.4) is 0 Å². The summed E-state index contributed by atoms with van der Waals surface area (Å²) in [6, 6.07) is 7.24. The molecule has 0 aliphatic carbocycles. The lowest BCUT2D eigenvalue weighted by Gasteiger charge is -2.46. The lowest BCUT2D eigenvalue weighted by atomic mass is 9.77. The van der Waals surface area contributed by atoms with E-state index >= 15 is 0 Å². The molecule has 1 aromatic carbocycles. The van der Waals surface area contributed by atoms with E-state index < -0.39 is 11.9 Å². The Labute approximate surface area is 109 Å². The molecule has 0 N–H and O–H groups in total. The van der Waals surface area contributed by atoms with E-state index in [-0.39, 0.29) is 17.7 Å². The second kappa shape index (κ2) is 3.24. The second-order valence-corrected chi connectivity index (χ2v) is 4.89. The molecular weight excluding hydrogens is 246 g/mol. The Hall–Kier alpha value is -2.14. The highest BCUT2D eigenvalue weighted by Crippen LogP contribution is 2.57. The molecule has 4 rings (SSSR count). The number of para-hydroxylation sites is 1. The molecule has 0 unspecified atom stereocenters. The Morgan fingerprint density at radius 3 is 2.89 bits per heavy atom. The van der Waals surface area contributed by atoms with Gasteiger partial charge in [0.25, 0.3) is 5.91 Å². The summed E-state index contributed by atoms with van der Waals surface area (Å²) >= 11 is 0. The van der Waals surface area contributed by atoms with E-state index in [0.29, 0.717) is 5.69 Å². The van der Waals surface area contributed by atoms with Gasteiger partial charge in [-0.2, -0.15) is 0 Å². The van der Waals surface area contributed by atoms with Gasteiger partial charge in [0.2, 0.25) is 12.2 Å². The van der Waals surface area contributed by atoms with Crippen LogP contribution in [0.1, 0.15) is 12.5 Å². The largest absolute Gasteiger partial charge is 0.472 e. The molecule has 3 heterocycles. The van der Waals surface area contributed by atoms with Gasteiger partial charge in [-0.1, -0.05) is 18.2 Å². The van der Waals surface area contributed by atoms with E-state index in [1.807, 2.05) is 18.2 Å². The maximum atomic E-state index is 12.6. The predicted molar refractivity (Wildman–Crippen MR) is 64.9 cm³/mol. The van der Waals surface area contributed by atoms with E-state index in [4.69, 9.17) is 9.47 Å². The van der Waals surface area contributed by atoms with E-state index in [1.54, 1.807) is 18.4 Å². The van der Waals surface area contributed by atoms with Crippen molar-refractivity contribution in [3.63, 3.8) is 0 Å². The number of imide groups is 1. The SMILES string of the molecule is CC(=O)N1C(=O)[C@]2(O[C@@H]3OC=C[C@@H]32)c2ccccc21. The molecule has 3 aliphatic rings. The number of amides is 2. The zero-order valence-electron chi connectivity index (χ0n) is 10.2. The lowest BCUT2D eigenvalue weighted by Crippen LogP contribution is -2.61. The first-order valence-electron chi connectivity index (χ1n) is 6.11. The summed E-state index contributed by atoms with van der Waals surface area (Å²) in [5.74, 6) is -0.785. The Morgan fingerprint density at radius 2 is 2.16 bits per heavy atom. The average molecular weight is 257 g/mol. The summed E-state index contributed by atoms with van der Waals surface area (Å²) in [7, 11) is 0. The number of hydrogen-bond acceptors (Lipinski definition) is 4. The highest BCUT2D eigenvalue weighted by Gasteiger charge is 2.69. The molecule has 1 aromatic rings. The third-order valence-electron chi connectivity index (χ3n) is 3.94. The summed E-state index contributed by atoms with van der Waals surface area (Å²) in [6.45, 7) is 1.38. The van der Waals surface area contributed by atoms with Crippen molar-refractivity contribution in [1.29, 1.82) is 0 Å². The summed E-state index contributed by atoms with van der Waals surface area (Å²) in [4.78, 5) is 25.6. The fraction of sp³-hybridized carbons (Fsp3) is 0.286. The number of anilines is 1. The summed E-state index contributed by atoms with van der Waals surface area (Å²) in [5, 5.41) is 0. The van der Waals surface area contributed by atoms with Gasteiger partial charge < -0.3 is 9.47 Å². The van der Waals surface area contributed by atoms with Gasteiger partial charge in [-0.3, -0.25) is 9.59 Å². The Morgan fingerprint density at radius 1 is 1.37 bits per heavy atom.